The molecule has 0 aliphatic carbocycles. The molecule has 70 valence electrons. The zero-order valence-corrected chi connectivity index (χ0v) is 8.21. The average Bonchev–Trinajstić information content (AvgIpc) is 2.47. The van der Waals surface area contributed by atoms with E-state index in [1.165, 1.54) is 0 Å². The first-order valence-corrected chi connectivity index (χ1v) is 4.54. The van der Waals surface area contributed by atoms with Crippen molar-refractivity contribution in [3.8, 4) is 0 Å². The zero-order chi connectivity index (χ0) is 10.1. The van der Waals surface area contributed by atoms with Gasteiger partial charge in [-0.2, -0.15) is 0 Å². The molecule has 1 heterocycles. The highest BCUT2D eigenvalue weighted by atomic mass is 16.3. The van der Waals surface area contributed by atoms with Gasteiger partial charge in [-0.3, -0.25) is 0 Å². The van der Waals surface area contributed by atoms with Crippen molar-refractivity contribution in [1.29, 1.82) is 0 Å². The highest BCUT2D eigenvalue weighted by molar-refractivity contribution is 5.82. The largest absolute Gasteiger partial charge is 0.456 e. The molecule has 0 N–H and O–H groups in total. The molecule has 1 aromatic carbocycles. The first-order chi connectivity index (χ1) is 6.74. The molecule has 0 unspecified atom stereocenters. The molecule has 0 spiro atoms. The Hall–Kier alpha value is -1.76. The summed E-state index contributed by atoms with van der Waals surface area (Å²) in [5.74, 6) is 0. The fourth-order valence-electron chi connectivity index (χ4n) is 1.63. The van der Waals surface area contributed by atoms with Crippen LogP contribution in [0.25, 0.3) is 23.6 Å². The third-order valence-corrected chi connectivity index (χ3v) is 2.31. The van der Waals surface area contributed by atoms with E-state index in [1.807, 2.05) is 31.2 Å². The number of furan rings is 1. The smallest absolute Gasteiger partial charge is 0.138 e. The van der Waals surface area contributed by atoms with Crippen LogP contribution in [0.4, 0.5) is 0 Å². The lowest BCUT2D eigenvalue weighted by Crippen LogP contribution is -2.17. The van der Waals surface area contributed by atoms with Crippen LogP contribution in [0.5, 0.6) is 0 Å². The number of hydrogen-bond acceptors (Lipinski definition) is 1. The summed E-state index contributed by atoms with van der Waals surface area (Å²) in [6.45, 7) is 9.58. The quantitative estimate of drug-likeness (QED) is 0.661. The first kappa shape index (κ1) is 8.82. The molecule has 0 aliphatic heterocycles. The third kappa shape index (κ3) is 1.18. The van der Waals surface area contributed by atoms with Crippen LogP contribution in [-0.4, -0.2) is 0 Å². The van der Waals surface area contributed by atoms with E-state index in [9.17, 15) is 0 Å². The summed E-state index contributed by atoms with van der Waals surface area (Å²) in [6, 6.07) is 6.09. The van der Waals surface area contributed by atoms with Crippen LogP contribution in [-0.2, 0) is 0 Å². The van der Waals surface area contributed by atoms with Crippen molar-refractivity contribution in [2.45, 2.75) is 6.92 Å². The molecule has 0 bridgehead atoms. The summed E-state index contributed by atoms with van der Waals surface area (Å²) in [4.78, 5) is 0. The van der Waals surface area contributed by atoms with E-state index in [0.717, 1.165) is 21.8 Å². The predicted molar refractivity (Wildman–Crippen MR) is 60.4 cm³/mol. The minimum Gasteiger partial charge on any atom is -0.456 e. The monoisotopic (exact) mass is 184 g/mol. The third-order valence-electron chi connectivity index (χ3n) is 2.31. The Morgan fingerprint density at radius 3 is 2.86 bits per heavy atom. The molecule has 0 saturated heterocycles. The van der Waals surface area contributed by atoms with Gasteiger partial charge in [0.2, 0.25) is 0 Å². The van der Waals surface area contributed by atoms with Crippen LogP contribution in [0.2, 0.25) is 0 Å². The molecule has 1 nitrogen and oxygen atoms in total. The van der Waals surface area contributed by atoms with Gasteiger partial charge >= 0.3 is 0 Å². The highest BCUT2D eigenvalue weighted by Crippen LogP contribution is 2.12. The summed E-state index contributed by atoms with van der Waals surface area (Å²) in [5, 5.41) is 2.13. The number of fused-ring (bicyclic) bond motifs is 1. The molecule has 0 amide bonds. The van der Waals surface area contributed by atoms with Gasteiger partial charge in [0.05, 0.1) is 0 Å². The molecule has 2 aromatic rings. The van der Waals surface area contributed by atoms with Gasteiger partial charge in [-0.15, -0.1) is 0 Å². The van der Waals surface area contributed by atoms with Crippen LogP contribution < -0.4 is 10.6 Å². The fourth-order valence-corrected chi connectivity index (χ4v) is 1.63. The van der Waals surface area contributed by atoms with Crippen LogP contribution in [0.1, 0.15) is 5.56 Å². The molecule has 14 heavy (non-hydrogen) atoms. The normalized spacial score (nSPS) is 12.2. The van der Waals surface area contributed by atoms with Crippen molar-refractivity contribution in [2.24, 2.45) is 0 Å². The van der Waals surface area contributed by atoms with Gasteiger partial charge in [-0.05, 0) is 12.5 Å². The van der Waals surface area contributed by atoms with Crippen molar-refractivity contribution in [3.63, 3.8) is 0 Å². The number of rotatable bonds is 1. The fraction of sp³-hybridized carbons (Fsp3) is 0.0769. The van der Waals surface area contributed by atoms with E-state index in [2.05, 4.69) is 13.2 Å². The molecule has 0 saturated carbocycles. The van der Waals surface area contributed by atoms with Gasteiger partial charge in [-0.1, -0.05) is 43.5 Å². The van der Waals surface area contributed by atoms with Gasteiger partial charge in [-0.25, -0.2) is 0 Å². The summed E-state index contributed by atoms with van der Waals surface area (Å²) >= 11 is 0. The Morgan fingerprint density at radius 1 is 1.36 bits per heavy atom. The van der Waals surface area contributed by atoms with Gasteiger partial charge < -0.3 is 4.42 Å². The Bertz CT molecular complexity index is 587. The van der Waals surface area contributed by atoms with E-state index in [-0.39, 0.29) is 0 Å². The van der Waals surface area contributed by atoms with E-state index in [0.29, 0.717) is 5.42 Å². The molecule has 1 heteroatoms. The lowest BCUT2D eigenvalue weighted by Gasteiger charge is -1.91. The predicted octanol–water partition coefficient (Wildman–Crippen LogP) is 2.12. The summed E-state index contributed by atoms with van der Waals surface area (Å²) in [5.41, 5.74) is 2.76. The van der Waals surface area contributed by atoms with Gasteiger partial charge in [0, 0.05) is 10.6 Å². The average molecular weight is 184 g/mol. The van der Waals surface area contributed by atoms with Crippen LogP contribution >= 0.6 is 0 Å². The molecule has 2 rings (SSSR count). The molecule has 0 atom stereocenters. The lowest BCUT2D eigenvalue weighted by atomic mass is 10.1. The van der Waals surface area contributed by atoms with Gasteiger partial charge in [0.1, 0.15) is 11.0 Å². The Morgan fingerprint density at radius 2 is 2.14 bits per heavy atom. The molecular formula is C13H12O. The number of hydrogen-bond donors (Lipinski definition) is 0. The van der Waals surface area contributed by atoms with Crippen LogP contribution in [0, 0.1) is 6.92 Å². The number of benzene rings is 1. The Kier molecular flexibility index (Phi) is 2.01. The maximum absolute atomic E-state index is 5.59. The second-order valence-electron chi connectivity index (χ2n) is 3.29. The number of aryl methyl sites for hydroxylation is 1. The minimum absolute atomic E-state index is 0.703. The molecule has 0 fully saturated rings. The second kappa shape index (κ2) is 3.18. The number of allylic oxidation sites excluding steroid dienone is 1. The van der Waals surface area contributed by atoms with E-state index < -0.39 is 0 Å². The molecular weight excluding hydrogens is 172 g/mol. The van der Waals surface area contributed by atoms with E-state index in [1.54, 1.807) is 6.08 Å². The van der Waals surface area contributed by atoms with Gasteiger partial charge in [0.15, 0.2) is 0 Å². The van der Waals surface area contributed by atoms with Crippen molar-refractivity contribution in [2.75, 3.05) is 0 Å². The van der Waals surface area contributed by atoms with Gasteiger partial charge in [0.25, 0.3) is 0 Å². The minimum atomic E-state index is 0.703. The summed E-state index contributed by atoms with van der Waals surface area (Å²) in [6.07, 6.45) is 3.68. The van der Waals surface area contributed by atoms with Crippen molar-refractivity contribution >= 4 is 23.6 Å². The summed E-state index contributed by atoms with van der Waals surface area (Å²) in [7, 11) is 0. The van der Waals surface area contributed by atoms with Crippen molar-refractivity contribution < 1.29 is 4.42 Å². The van der Waals surface area contributed by atoms with E-state index >= 15 is 0 Å². The molecule has 1 aromatic heterocycles. The Labute approximate surface area is 82.7 Å². The zero-order valence-electron chi connectivity index (χ0n) is 8.21. The first-order valence-electron chi connectivity index (χ1n) is 4.54. The highest BCUT2D eigenvalue weighted by Gasteiger charge is 2.02. The SMILES string of the molecule is C=C/C=c1\c(=C)oc2c(C)cccc12. The summed E-state index contributed by atoms with van der Waals surface area (Å²) < 4.78 is 5.59. The molecule has 0 radical (unpaired) electrons. The topological polar surface area (TPSA) is 13.1 Å². The number of para-hydroxylation sites is 1. The van der Waals surface area contributed by atoms with E-state index in [4.69, 9.17) is 4.42 Å². The van der Waals surface area contributed by atoms with Crippen molar-refractivity contribution in [1.82, 2.24) is 0 Å². The maximum Gasteiger partial charge on any atom is 0.138 e. The standard InChI is InChI=1S/C13H12O/c1-4-6-11-10(3)14-13-9(2)7-5-8-12(11)13/h4-8H,1,3H2,2H3/b11-6+. The second-order valence-corrected chi connectivity index (χ2v) is 3.29. The maximum atomic E-state index is 5.59. The van der Waals surface area contributed by atoms with Crippen molar-refractivity contribution in [3.05, 3.63) is 47.1 Å². The van der Waals surface area contributed by atoms with Crippen LogP contribution in [0.3, 0.4) is 0 Å². The Balaban J connectivity index is 3.06. The lowest BCUT2D eigenvalue weighted by molar-refractivity contribution is 0.575. The molecule has 0 aliphatic rings. The van der Waals surface area contributed by atoms with Crippen LogP contribution in [0.15, 0.2) is 35.3 Å².